The van der Waals surface area contributed by atoms with Crippen LogP contribution in [0.3, 0.4) is 0 Å². The van der Waals surface area contributed by atoms with Crippen molar-refractivity contribution < 1.29 is 13.3 Å². The zero-order valence-corrected chi connectivity index (χ0v) is 13.2. The van der Waals surface area contributed by atoms with Crippen molar-refractivity contribution in [2.24, 2.45) is 0 Å². The monoisotopic (exact) mass is 315 g/mol. The van der Waals surface area contributed by atoms with Crippen molar-refractivity contribution in [3.63, 3.8) is 0 Å². The molecule has 1 aromatic rings. The molecule has 0 amide bonds. The molecule has 0 radical (unpaired) electrons. The van der Waals surface area contributed by atoms with E-state index in [9.17, 15) is 18.5 Å². The third-order valence-corrected chi connectivity index (χ3v) is 4.18. The van der Waals surface area contributed by atoms with Crippen molar-refractivity contribution in [2.75, 3.05) is 17.0 Å². The first-order valence-corrected chi connectivity index (χ1v) is 8.35. The van der Waals surface area contributed by atoms with E-state index in [4.69, 9.17) is 0 Å². The number of nitrogens with one attached hydrogen (secondary N) is 2. The van der Waals surface area contributed by atoms with E-state index in [1.165, 1.54) is 18.2 Å². The maximum atomic E-state index is 11.9. The first kappa shape index (κ1) is 17.4. The Hall–Kier alpha value is -1.67. The number of sulfonamides is 1. The summed E-state index contributed by atoms with van der Waals surface area (Å²) in [6.45, 7) is 6.18. The van der Waals surface area contributed by atoms with Gasteiger partial charge in [0.2, 0.25) is 10.0 Å². The number of nitrogens with zero attached hydrogens (tertiary/aromatic N) is 1. The van der Waals surface area contributed by atoms with Gasteiger partial charge in [0.05, 0.1) is 10.7 Å². The molecule has 0 aliphatic carbocycles. The summed E-state index contributed by atoms with van der Waals surface area (Å²) in [6, 6.07) is 4.47. The van der Waals surface area contributed by atoms with Crippen molar-refractivity contribution in [2.45, 2.75) is 33.2 Å². The van der Waals surface area contributed by atoms with Crippen LogP contribution in [0, 0.1) is 17.0 Å². The lowest BCUT2D eigenvalue weighted by Crippen LogP contribution is -2.26. The highest BCUT2D eigenvalue weighted by molar-refractivity contribution is 7.92. The Kier molecular flexibility index (Phi) is 6.10. The molecule has 0 bridgehead atoms. The summed E-state index contributed by atoms with van der Waals surface area (Å²) >= 11 is 0. The second kappa shape index (κ2) is 7.37. The topological polar surface area (TPSA) is 101 Å². The summed E-state index contributed by atoms with van der Waals surface area (Å²) in [7, 11) is -3.44. The Balaban J connectivity index is 2.63. The fraction of sp³-hybridized carbons (Fsp3) is 0.538. The van der Waals surface area contributed by atoms with Gasteiger partial charge in [0.1, 0.15) is 0 Å². The minimum absolute atomic E-state index is 0.00273. The lowest BCUT2D eigenvalue weighted by molar-refractivity contribution is -0.385. The number of anilines is 1. The Morgan fingerprint density at radius 3 is 2.52 bits per heavy atom. The molecule has 1 aromatic carbocycles. The SMILES string of the molecule is Cc1cc(NS(=O)(=O)CCCNC(C)C)ccc1[N+](=O)[O-]. The molecule has 1 rings (SSSR count). The van der Waals surface area contributed by atoms with Gasteiger partial charge in [-0.1, -0.05) is 13.8 Å². The van der Waals surface area contributed by atoms with E-state index in [-0.39, 0.29) is 11.4 Å². The fourth-order valence-electron chi connectivity index (χ4n) is 1.81. The molecule has 0 aliphatic heterocycles. The molecule has 0 unspecified atom stereocenters. The molecule has 0 aliphatic rings. The maximum Gasteiger partial charge on any atom is 0.272 e. The third kappa shape index (κ3) is 6.09. The van der Waals surface area contributed by atoms with Crippen LogP contribution in [0.2, 0.25) is 0 Å². The first-order chi connectivity index (χ1) is 9.71. The molecule has 8 heteroatoms. The molecule has 0 fully saturated rings. The Bertz CT molecular complexity index is 599. The highest BCUT2D eigenvalue weighted by atomic mass is 32.2. The number of nitro groups is 1. The second-order valence-electron chi connectivity index (χ2n) is 5.14. The molecular formula is C13H21N3O4S. The normalized spacial score (nSPS) is 11.6. The maximum absolute atomic E-state index is 11.9. The van der Waals surface area contributed by atoms with Crippen molar-refractivity contribution >= 4 is 21.4 Å². The van der Waals surface area contributed by atoms with Crippen LogP contribution in [-0.4, -0.2) is 31.7 Å². The van der Waals surface area contributed by atoms with Crippen LogP contribution in [0.15, 0.2) is 18.2 Å². The molecule has 0 spiro atoms. The van der Waals surface area contributed by atoms with Gasteiger partial charge < -0.3 is 5.32 Å². The van der Waals surface area contributed by atoms with Crippen LogP contribution < -0.4 is 10.0 Å². The molecule has 0 aromatic heterocycles. The molecule has 0 saturated heterocycles. The number of aryl methyl sites for hydroxylation is 1. The van der Waals surface area contributed by atoms with Crippen LogP contribution in [0.4, 0.5) is 11.4 Å². The van der Waals surface area contributed by atoms with Gasteiger partial charge in [-0.05, 0) is 32.0 Å². The van der Waals surface area contributed by atoms with Crippen molar-refractivity contribution in [1.29, 1.82) is 0 Å². The highest BCUT2D eigenvalue weighted by Gasteiger charge is 2.14. The zero-order chi connectivity index (χ0) is 16.0. The van der Waals surface area contributed by atoms with Gasteiger partial charge in [-0.15, -0.1) is 0 Å². The highest BCUT2D eigenvalue weighted by Crippen LogP contribution is 2.22. The van der Waals surface area contributed by atoms with Crippen LogP contribution in [0.1, 0.15) is 25.8 Å². The summed E-state index contributed by atoms with van der Waals surface area (Å²) in [4.78, 5) is 10.2. The molecule has 118 valence electrons. The van der Waals surface area contributed by atoms with E-state index >= 15 is 0 Å². The van der Waals surface area contributed by atoms with Crippen molar-refractivity contribution in [1.82, 2.24) is 5.32 Å². The second-order valence-corrected chi connectivity index (χ2v) is 6.98. The standard InChI is InChI=1S/C13H21N3O4S/c1-10(2)14-7-4-8-21(19,20)15-12-5-6-13(16(17)18)11(3)9-12/h5-6,9-10,14-15H,4,7-8H2,1-3H3. The van der Waals surface area contributed by atoms with Crippen LogP contribution in [0.5, 0.6) is 0 Å². The summed E-state index contributed by atoms with van der Waals surface area (Å²) in [6.07, 6.45) is 0.499. The van der Waals surface area contributed by atoms with E-state index in [1.807, 2.05) is 13.8 Å². The van der Waals surface area contributed by atoms with Gasteiger partial charge in [-0.3, -0.25) is 14.8 Å². The predicted molar refractivity (Wildman–Crippen MR) is 83.0 cm³/mol. The van der Waals surface area contributed by atoms with E-state index in [1.54, 1.807) is 6.92 Å². The quantitative estimate of drug-likeness (QED) is 0.434. The van der Waals surface area contributed by atoms with Gasteiger partial charge >= 0.3 is 0 Å². The molecule has 21 heavy (non-hydrogen) atoms. The zero-order valence-electron chi connectivity index (χ0n) is 12.4. The van der Waals surface area contributed by atoms with E-state index in [2.05, 4.69) is 10.0 Å². The van der Waals surface area contributed by atoms with Crippen molar-refractivity contribution in [3.8, 4) is 0 Å². The average Bonchev–Trinajstić information content (AvgIpc) is 2.33. The van der Waals surface area contributed by atoms with Crippen LogP contribution >= 0.6 is 0 Å². The number of hydrogen-bond acceptors (Lipinski definition) is 5. The molecule has 0 heterocycles. The summed E-state index contributed by atoms with van der Waals surface area (Å²) in [5, 5.41) is 13.9. The number of nitro benzene ring substituents is 1. The van der Waals surface area contributed by atoms with E-state index in [0.29, 0.717) is 30.3 Å². The fourth-order valence-corrected chi connectivity index (χ4v) is 2.92. The van der Waals surface area contributed by atoms with Crippen LogP contribution in [0.25, 0.3) is 0 Å². The Labute approximate surface area is 124 Å². The minimum Gasteiger partial charge on any atom is -0.314 e. The number of benzene rings is 1. The largest absolute Gasteiger partial charge is 0.314 e. The average molecular weight is 315 g/mol. The molecule has 7 nitrogen and oxygen atoms in total. The molecule has 0 atom stereocenters. The van der Waals surface area contributed by atoms with Gasteiger partial charge in [-0.2, -0.15) is 0 Å². The summed E-state index contributed by atoms with van der Waals surface area (Å²) in [5.74, 6) is 0.00273. The number of rotatable bonds is 8. The van der Waals surface area contributed by atoms with E-state index in [0.717, 1.165) is 0 Å². The van der Waals surface area contributed by atoms with Gasteiger partial charge in [0.25, 0.3) is 5.69 Å². The number of hydrogen-bond donors (Lipinski definition) is 2. The Morgan fingerprint density at radius 2 is 2.00 bits per heavy atom. The smallest absolute Gasteiger partial charge is 0.272 e. The molecule has 2 N–H and O–H groups in total. The summed E-state index contributed by atoms with van der Waals surface area (Å²) in [5.41, 5.74) is 0.732. The predicted octanol–water partition coefficient (Wildman–Crippen LogP) is 2.03. The summed E-state index contributed by atoms with van der Waals surface area (Å²) < 4.78 is 26.2. The van der Waals surface area contributed by atoms with Gasteiger partial charge in [0.15, 0.2) is 0 Å². The molecular weight excluding hydrogens is 294 g/mol. The van der Waals surface area contributed by atoms with Crippen LogP contribution in [-0.2, 0) is 10.0 Å². The molecule has 0 saturated carbocycles. The Morgan fingerprint density at radius 1 is 1.33 bits per heavy atom. The minimum atomic E-state index is -3.44. The van der Waals surface area contributed by atoms with Crippen molar-refractivity contribution in [3.05, 3.63) is 33.9 Å². The lowest BCUT2D eigenvalue weighted by atomic mass is 10.2. The van der Waals surface area contributed by atoms with Gasteiger partial charge in [-0.25, -0.2) is 8.42 Å². The van der Waals surface area contributed by atoms with E-state index < -0.39 is 14.9 Å². The lowest BCUT2D eigenvalue weighted by Gasteiger charge is -2.10. The first-order valence-electron chi connectivity index (χ1n) is 6.70. The third-order valence-electron chi connectivity index (χ3n) is 2.81. The van der Waals surface area contributed by atoms with Gasteiger partial charge in [0, 0.05) is 23.4 Å².